The molecule has 20 aromatic carbocycles. The highest BCUT2D eigenvalue weighted by Gasteiger charge is 2.39. The lowest BCUT2D eigenvalue weighted by Gasteiger charge is -2.24. The Morgan fingerprint density at radius 2 is 0.326 bits per heavy atom. The Morgan fingerprint density at radius 1 is 0.159 bits per heavy atom. The molecule has 14 heteroatoms. The van der Waals surface area contributed by atoms with Gasteiger partial charge in [-0.15, -0.1) is 0 Å². The van der Waals surface area contributed by atoms with Crippen LogP contribution in [-0.4, -0.2) is 36.5 Å². The molecule has 0 atom stereocenters. The molecule has 0 bridgehead atoms. The monoisotopic (exact) mass is 1770 g/mol. The Hall–Kier alpha value is -18.9. The van der Waals surface area contributed by atoms with Gasteiger partial charge in [-0.25, -0.2) is 0 Å². The van der Waals surface area contributed by atoms with Gasteiger partial charge in [-0.1, -0.05) is 279 Å². The molecule has 11 nitrogen and oxygen atoms in total. The third-order valence-corrected chi connectivity index (χ3v) is 28.8. The quantitative estimate of drug-likeness (QED) is 0.129. The Balaban J connectivity index is 0.701. The number of nitrogens with zero attached hydrogens (tertiary/aromatic N) is 11. The van der Waals surface area contributed by atoms with E-state index in [4.69, 9.17) is 0 Å². The van der Waals surface area contributed by atoms with Crippen molar-refractivity contribution in [3.63, 3.8) is 0 Å². The van der Waals surface area contributed by atoms with Crippen molar-refractivity contribution in [2.24, 2.45) is 0 Å². The second-order valence-corrected chi connectivity index (χ2v) is 35.7. The summed E-state index contributed by atoms with van der Waals surface area (Å²) in [5.41, 5.74) is 21.2. The van der Waals surface area contributed by atoms with Gasteiger partial charge in [0.15, 0.2) is 0 Å². The molecular weight excluding hydrogens is 1700 g/mol. The van der Waals surface area contributed by atoms with Crippen LogP contribution in [0, 0.1) is 34.0 Å². The van der Waals surface area contributed by atoms with Crippen molar-refractivity contribution in [2.75, 3.05) is 0 Å². The molecule has 0 fully saturated rings. The SMILES string of the molecule is N#Cc1cc(-c2cc(C#N)c(-n3c4ccccc4c4c(-c5cccc6c5c5ccccc5n6-c5cc(-n6c7ccccc7c7ccccc76)c(-c6cc(C#N)c(-n7c8ccccc8c8ccccc87)cc6-n6c7ccccc7c7ccccc76)cc5C(F)(F)F)cccc43)cc2-n2c3ccccc3c3ccccc32)c(-n2c3ccccc3c3ccccc32)cc1-n1c2ccccc2c2ccccc21. The number of hydrogen-bond acceptors (Lipinski definition) is 3. The van der Waals surface area contributed by atoms with E-state index in [2.05, 4.69) is 287 Å². The first kappa shape index (κ1) is 77.8. The van der Waals surface area contributed by atoms with Crippen LogP contribution in [-0.2, 0) is 6.18 Å². The topological polar surface area (TPSA) is 111 Å². The van der Waals surface area contributed by atoms with Crippen LogP contribution in [0.2, 0.25) is 0 Å². The highest BCUT2D eigenvalue weighted by Crippen LogP contribution is 2.54. The summed E-state index contributed by atoms with van der Waals surface area (Å²) in [7, 11) is 0. The normalized spacial score (nSPS) is 12.1. The van der Waals surface area contributed by atoms with E-state index in [1.54, 1.807) is 6.07 Å². The van der Waals surface area contributed by atoms with E-state index >= 15 is 13.2 Å². The first-order chi connectivity index (χ1) is 68.1. The largest absolute Gasteiger partial charge is 0.418 e. The molecule has 138 heavy (non-hydrogen) atoms. The Morgan fingerprint density at radius 3 is 0.543 bits per heavy atom. The van der Waals surface area contributed by atoms with E-state index in [-0.39, 0.29) is 16.8 Å². The van der Waals surface area contributed by atoms with Crippen LogP contribution in [0.3, 0.4) is 0 Å². The molecule has 0 radical (unpaired) electrons. The fraction of sp³-hybridized carbons (Fsp3) is 0.00806. The minimum atomic E-state index is -5.02. The predicted octanol–water partition coefficient (Wildman–Crippen LogP) is 32.1. The van der Waals surface area contributed by atoms with E-state index in [1.807, 2.05) is 180 Å². The highest BCUT2D eigenvalue weighted by atomic mass is 19.4. The van der Waals surface area contributed by atoms with E-state index < -0.39 is 11.7 Å². The third-order valence-electron chi connectivity index (χ3n) is 28.8. The fourth-order valence-corrected chi connectivity index (χ4v) is 23.2. The van der Waals surface area contributed by atoms with Crippen LogP contribution < -0.4 is 0 Å². The second-order valence-electron chi connectivity index (χ2n) is 35.7. The molecule has 0 N–H and O–H groups in total. The summed E-state index contributed by atoms with van der Waals surface area (Å²) in [5.74, 6) is 0. The molecule has 0 aliphatic carbocycles. The second kappa shape index (κ2) is 29.5. The highest BCUT2D eigenvalue weighted by molar-refractivity contribution is 6.24. The number of aromatic nitrogens is 8. The Kier molecular flexibility index (Phi) is 16.6. The number of nitriles is 3. The van der Waals surface area contributed by atoms with Crippen molar-refractivity contribution in [3.05, 3.63) is 447 Å². The molecule has 0 saturated heterocycles. The standard InChI is InChI=1S/C124H70F3N11/c125-124(126,127)97-66-96(95-65-75(72-129)115(132-100-49-17-3-33-79(100)80-34-4-18-50-101(80)132)68-119(95)135-106-55-23-9-39-85(106)86-40-10-24-56-107(86)135)120(136-108-57-25-11-41-87(108)88-42-12-26-58-109(88)136)70-121(97)138-111-60-28-14-44-92(111)123-90(46-30-62-113(123)138)89-45-29-61-112-122(89)91-43-13-27-59-110(91)137(112)116-69-118(134-104-53-21-7-37-83(104)84-38-8-22-54-105(84)134)94(64-76(116)73-130)93-63-74(71-128)114(131-98-47-15-1-31-77(98)78-32-2-16-48-99(78)131)67-117(93)133-102-51-19-5-35-81(102)82-36-6-20-52-103(82)133/h1-70H. The summed E-state index contributed by atoms with van der Waals surface area (Å²) in [4.78, 5) is 0. The van der Waals surface area contributed by atoms with E-state index in [9.17, 15) is 15.8 Å². The summed E-state index contributed by atoms with van der Waals surface area (Å²) >= 11 is 0. The minimum absolute atomic E-state index is 0.112. The number of benzene rings is 20. The zero-order valence-corrected chi connectivity index (χ0v) is 73.5. The molecule has 642 valence electrons. The molecule has 0 amide bonds. The molecule has 28 aromatic rings. The molecule has 0 spiro atoms. The number of halogens is 3. The molecule has 0 aliphatic heterocycles. The maximum Gasteiger partial charge on any atom is 0.418 e. The zero-order chi connectivity index (χ0) is 91.6. The van der Waals surface area contributed by atoms with E-state index in [0.29, 0.717) is 72.7 Å². The fourth-order valence-electron chi connectivity index (χ4n) is 23.2. The van der Waals surface area contributed by atoms with Crippen LogP contribution in [0.5, 0.6) is 0 Å². The van der Waals surface area contributed by atoms with Gasteiger partial charge in [0, 0.05) is 108 Å². The van der Waals surface area contributed by atoms with Crippen LogP contribution >= 0.6 is 0 Å². The van der Waals surface area contributed by atoms with E-state index in [0.717, 1.165) is 181 Å². The van der Waals surface area contributed by atoms with Gasteiger partial charge in [0.05, 0.1) is 156 Å². The third kappa shape index (κ3) is 11.0. The van der Waals surface area contributed by atoms with Crippen LogP contribution in [0.4, 0.5) is 13.2 Å². The molecule has 28 rings (SSSR count). The lowest BCUT2D eigenvalue weighted by atomic mass is 9.94. The van der Waals surface area contributed by atoms with Gasteiger partial charge in [0.25, 0.3) is 0 Å². The smallest absolute Gasteiger partial charge is 0.309 e. The van der Waals surface area contributed by atoms with E-state index in [1.165, 1.54) is 6.07 Å². The summed E-state index contributed by atoms with van der Waals surface area (Å²) in [6, 6.07) is 151. The van der Waals surface area contributed by atoms with Crippen molar-refractivity contribution < 1.29 is 13.2 Å². The lowest BCUT2D eigenvalue weighted by molar-refractivity contribution is -0.137. The van der Waals surface area contributed by atoms with Gasteiger partial charge >= 0.3 is 6.18 Å². The number of hydrogen-bond donors (Lipinski definition) is 0. The van der Waals surface area contributed by atoms with Gasteiger partial charge in [-0.3, -0.25) is 0 Å². The average Bonchev–Trinajstić information content (AvgIpc) is 1.52. The Labute approximate surface area is 784 Å². The summed E-state index contributed by atoms with van der Waals surface area (Å²) in [5, 5.41) is 51.6. The molecular formula is C124H70F3N11. The maximum atomic E-state index is 18.1. The van der Waals surface area contributed by atoms with Crippen molar-refractivity contribution in [2.45, 2.75) is 6.18 Å². The van der Waals surface area contributed by atoms with Crippen molar-refractivity contribution >= 4 is 174 Å². The van der Waals surface area contributed by atoms with Gasteiger partial charge in [0.1, 0.15) is 18.2 Å². The van der Waals surface area contributed by atoms with Crippen LogP contribution in [0.25, 0.3) is 253 Å². The lowest BCUT2D eigenvalue weighted by Crippen LogP contribution is -2.14. The molecule has 0 aliphatic rings. The van der Waals surface area contributed by atoms with Crippen molar-refractivity contribution in [3.8, 4) is 97.1 Å². The van der Waals surface area contributed by atoms with Gasteiger partial charge in [0.2, 0.25) is 0 Å². The molecule has 0 unspecified atom stereocenters. The van der Waals surface area contributed by atoms with Crippen molar-refractivity contribution in [1.29, 1.82) is 15.8 Å². The van der Waals surface area contributed by atoms with Crippen LogP contribution in [0.15, 0.2) is 425 Å². The summed E-state index contributed by atoms with van der Waals surface area (Å²) in [6.07, 6.45) is -5.02. The van der Waals surface area contributed by atoms with Gasteiger partial charge in [-0.05, 0) is 157 Å². The minimum Gasteiger partial charge on any atom is -0.309 e. The van der Waals surface area contributed by atoms with Gasteiger partial charge in [-0.2, -0.15) is 29.0 Å². The first-order valence-corrected chi connectivity index (χ1v) is 46.0. The van der Waals surface area contributed by atoms with Gasteiger partial charge < -0.3 is 36.5 Å². The number of alkyl halides is 3. The first-order valence-electron chi connectivity index (χ1n) is 46.0. The summed E-state index contributed by atoms with van der Waals surface area (Å²) in [6.45, 7) is 0. The zero-order valence-electron chi connectivity index (χ0n) is 73.5. The molecule has 8 aromatic heterocycles. The molecule has 8 heterocycles. The maximum absolute atomic E-state index is 18.1. The summed E-state index contributed by atoms with van der Waals surface area (Å²) < 4.78 is 71.4. The number of fused-ring (bicyclic) bond motifs is 24. The Bertz CT molecular complexity index is 10100. The molecule has 0 saturated carbocycles. The average molecular weight is 1770 g/mol. The van der Waals surface area contributed by atoms with Crippen LogP contribution in [0.1, 0.15) is 22.3 Å². The number of rotatable bonds is 11. The number of para-hydroxylation sites is 14. The predicted molar refractivity (Wildman–Crippen MR) is 557 cm³/mol. The van der Waals surface area contributed by atoms with Crippen molar-refractivity contribution in [1.82, 2.24) is 36.5 Å².